The molecule has 0 aliphatic carbocycles. The van der Waals surface area contributed by atoms with Gasteiger partial charge >= 0.3 is 0 Å². The second-order valence-corrected chi connectivity index (χ2v) is 7.34. The summed E-state index contributed by atoms with van der Waals surface area (Å²) in [5, 5.41) is 0. The first-order valence-electron chi connectivity index (χ1n) is 8.70. The van der Waals surface area contributed by atoms with Crippen LogP contribution in [0.1, 0.15) is 58.1 Å². The zero-order valence-corrected chi connectivity index (χ0v) is 14.3. The van der Waals surface area contributed by atoms with E-state index in [2.05, 4.69) is 72.9 Å². The van der Waals surface area contributed by atoms with Crippen LogP contribution in [0.15, 0.2) is 42.1 Å². The van der Waals surface area contributed by atoms with Crippen molar-refractivity contribution in [2.24, 2.45) is 0 Å². The van der Waals surface area contributed by atoms with E-state index in [1.807, 2.05) is 0 Å². The molecular formula is C20H29N2+. The maximum absolute atomic E-state index is 2.60. The predicted molar refractivity (Wildman–Crippen MR) is 93.4 cm³/mol. The highest BCUT2D eigenvalue weighted by atomic mass is 15.2. The number of piperidine rings is 1. The summed E-state index contributed by atoms with van der Waals surface area (Å²) in [6.07, 6.45) is 9.92. The van der Waals surface area contributed by atoms with E-state index in [9.17, 15) is 0 Å². The van der Waals surface area contributed by atoms with E-state index in [-0.39, 0.29) is 5.54 Å². The van der Waals surface area contributed by atoms with Crippen LogP contribution in [0.4, 0.5) is 0 Å². The highest BCUT2D eigenvalue weighted by Crippen LogP contribution is 2.32. The lowest BCUT2D eigenvalue weighted by atomic mass is 9.90. The fourth-order valence-corrected chi connectivity index (χ4v) is 3.91. The summed E-state index contributed by atoms with van der Waals surface area (Å²) >= 11 is 0. The minimum Gasteiger partial charge on any atom is -0.374 e. The maximum Gasteiger partial charge on any atom is 0.175 e. The molecule has 1 atom stereocenters. The lowest BCUT2D eigenvalue weighted by molar-refractivity contribution is -0.634. The van der Waals surface area contributed by atoms with Crippen LogP contribution < -0.4 is 0 Å². The van der Waals surface area contributed by atoms with Crippen molar-refractivity contribution in [3.05, 3.63) is 47.7 Å². The van der Waals surface area contributed by atoms with Gasteiger partial charge in [-0.15, -0.1) is 0 Å². The Bertz CT molecular complexity index is 563. The highest BCUT2D eigenvalue weighted by Gasteiger charge is 2.38. The molecule has 0 saturated carbocycles. The van der Waals surface area contributed by atoms with Gasteiger partial charge in [0.1, 0.15) is 0 Å². The average Bonchev–Trinajstić information content (AvgIpc) is 2.55. The van der Waals surface area contributed by atoms with Crippen LogP contribution >= 0.6 is 0 Å². The Balaban J connectivity index is 1.84. The van der Waals surface area contributed by atoms with E-state index in [1.165, 1.54) is 43.6 Å². The van der Waals surface area contributed by atoms with E-state index < -0.39 is 0 Å². The molecule has 0 radical (unpaired) electrons. The molecular weight excluding hydrogens is 268 g/mol. The molecule has 2 aliphatic rings. The molecule has 0 N–H and O–H groups in total. The van der Waals surface area contributed by atoms with Crippen LogP contribution in [0.2, 0.25) is 0 Å². The SMILES string of the molecule is CC(c1ccccc1)[N+]1=CC=C(N2CCCCC2)CC1(C)C. The van der Waals surface area contributed by atoms with Gasteiger partial charge in [0, 0.05) is 51.2 Å². The Morgan fingerprint density at radius 2 is 1.73 bits per heavy atom. The monoisotopic (exact) mass is 297 g/mol. The third-order valence-electron chi connectivity index (χ3n) is 5.20. The van der Waals surface area contributed by atoms with E-state index >= 15 is 0 Å². The molecule has 0 amide bonds. The summed E-state index contributed by atoms with van der Waals surface area (Å²) in [4.78, 5) is 2.60. The van der Waals surface area contributed by atoms with Crippen LogP contribution in [-0.4, -0.2) is 34.3 Å². The summed E-state index contributed by atoms with van der Waals surface area (Å²) < 4.78 is 2.52. The first kappa shape index (κ1) is 15.3. The summed E-state index contributed by atoms with van der Waals surface area (Å²) in [5.74, 6) is 0. The van der Waals surface area contributed by atoms with Crippen molar-refractivity contribution in [1.82, 2.24) is 4.90 Å². The zero-order chi connectivity index (χ0) is 15.6. The van der Waals surface area contributed by atoms with Crippen LogP contribution in [0.5, 0.6) is 0 Å². The summed E-state index contributed by atoms with van der Waals surface area (Å²) in [6, 6.07) is 11.2. The lowest BCUT2D eigenvalue weighted by Gasteiger charge is -2.37. The summed E-state index contributed by atoms with van der Waals surface area (Å²) in [7, 11) is 0. The minimum absolute atomic E-state index is 0.163. The molecule has 2 aliphatic heterocycles. The smallest absolute Gasteiger partial charge is 0.175 e. The molecule has 22 heavy (non-hydrogen) atoms. The van der Waals surface area contributed by atoms with Gasteiger partial charge in [-0.1, -0.05) is 30.3 Å². The van der Waals surface area contributed by atoms with Crippen molar-refractivity contribution in [2.45, 2.75) is 58.0 Å². The lowest BCUT2D eigenvalue weighted by Crippen LogP contribution is -2.44. The third-order valence-corrected chi connectivity index (χ3v) is 5.20. The average molecular weight is 297 g/mol. The standard InChI is InChI=1S/C20H29N2/c1-17(18-10-6-4-7-11-18)22-15-12-19(16-20(22,2)3)21-13-8-5-9-14-21/h4,6-7,10-12,15,17H,5,8-9,13-14,16H2,1-3H3/q+1. The fourth-order valence-electron chi connectivity index (χ4n) is 3.91. The van der Waals surface area contributed by atoms with Crippen LogP contribution in [0.25, 0.3) is 0 Å². The van der Waals surface area contributed by atoms with Crippen LogP contribution in [-0.2, 0) is 0 Å². The van der Waals surface area contributed by atoms with E-state index in [0.29, 0.717) is 6.04 Å². The number of hydrogen-bond acceptors (Lipinski definition) is 1. The van der Waals surface area contributed by atoms with Crippen molar-refractivity contribution in [3.8, 4) is 0 Å². The minimum atomic E-state index is 0.163. The van der Waals surface area contributed by atoms with Crippen molar-refractivity contribution >= 4 is 6.21 Å². The van der Waals surface area contributed by atoms with Gasteiger partial charge in [0.05, 0.1) is 6.42 Å². The van der Waals surface area contributed by atoms with Gasteiger partial charge < -0.3 is 4.90 Å². The third kappa shape index (κ3) is 3.11. The number of nitrogens with zero attached hydrogens (tertiary/aromatic N) is 2. The molecule has 1 fully saturated rings. The number of benzene rings is 1. The molecule has 2 heterocycles. The molecule has 1 unspecified atom stereocenters. The first-order chi connectivity index (χ1) is 10.6. The summed E-state index contributed by atoms with van der Waals surface area (Å²) in [6.45, 7) is 9.54. The van der Waals surface area contributed by atoms with Crippen molar-refractivity contribution < 1.29 is 4.58 Å². The molecule has 1 saturated heterocycles. The van der Waals surface area contributed by atoms with Gasteiger partial charge in [0.15, 0.2) is 17.8 Å². The van der Waals surface area contributed by atoms with Gasteiger partial charge in [0.2, 0.25) is 0 Å². The van der Waals surface area contributed by atoms with Gasteiger partial charge in [-0.05, 0) is 19.3 Å². The van der Waals surface area contributed by atoms with Crippen molar-refractivity contribution in [1.29, 1.82) is 0 Å². The van der Waals surface area contributed by atoms with E-state index in [1.54, 1.807) is 0 Å². The van der Waals surface area contributed by atoms with Crippen molar-refractivity contribution in [3.63, 3.8) is 0 Å². The first-order valence-corrected chi connectivity index (χ1v) is 8.70. The number of likely N-dealkylation sites (tertiary alicyclic amines) is 1. The molecule has 0 aromatic heterocycles. The zero-order valence-electron chi connectivity index (χ0n) is 14.3. The maximum atomic E-state index is 2.60. The molecule has 0 spiro atoms. The Morgan fingerprint density at radius 1 is 1.05 bits per heavy atom. The molecule has 2 nitrogen and oxygen atoms in total. The van der Waals surface area contributed by atoms with E-state index in [4.69, 9.17) is 0 Å². The largest absolute Gasteiger partial charge is 0.374 e. The second-order valence-electron chi connectivity index (χ2n) is 7.34. The van der Waals surface area contributed by atoms with Gasteiger partial charge in [-0.3, -0.25) is 0 Å². The Morgan fingerprint density at radius 3 is 2.36 bits per heavy atom. The second kappa shape index (κ2) is 6.28. The van der Waals surface area contributed by atoms with Gasteiger partial charge in [-0.25, -0.2) is 4.58 Å². The normalized spacial score (nSPS) is 22.8. The quantitative estimate of drug-likeness (QED) is 0.750. The number of rotatable bonds is 3. The molecule has 1 aromatic rings. The Hall–Kier alpha value is -1.57. The van der Waals surface area contributed by atoms with Gasteiger partial charge in [0.25, 0.3) is 0 Å². The van der Waals surface area contributed by atoms with Gasteiger partial charge in [-0.2, -0.15) is 0 Å². The Labute approximate surface area is 135 Å². The van der Waals surface area contributed by atoms with Crippen LogP contribution in [0.3, 0.4) is 0 Å². The molecule has 1 aromatic carbocycles. The predicted octanol–water partition coefficient (Wildman–Crippen LogP) is 4.38. The Kier molecular flexibility index (Phi) is 4.37. The molecule has 118 valence electrons. The highest BCUT2D eigenvalue weighted by molar-refractivity contribution is 5.68. The molecule has 2 heteroatoms. The number of allylic oxidation sites excluding steroid dienone is 1. The fraction of sp³-hybridized carbons (Fsp3) is 0.550. The number of hydrogen-bond donors (Lipinski definition) is 0. The van der Waals surface area contributed by atoms with Crippen molar-refractivity contribution in [2.75, 3.05) is 13.1 Å². The van der Waals surface area contributed by atoms with Crippen LogP contribution in [0, 0.1) is 0 Å². The topological polar surface area (TPSA) is 6.25 Å². The van der Waals surface area contributed by atoms with E-state index in [0.717, 1.165) is 6.42 Å². The molecule has 3 rings (SSSR count). The summed E-state index contributed by atoms with van der Waals surface area (Å²) in [5.41, 5.74) is 3.08. The molecule has 0 bridgehead atoms.